The van der Waals surface area contributed by atoms with E-state index in [-0.39, 0.29) is 17.7 Å². The van der Waals surface area contributed by atoms with Crippen molar-refractivity contribution in [2.24, 2.45) is 0 Å². The van der Waals surface area contributed by atoms with E-state index in [4.69, 9.17) is 4.74 Å². The number of benzene rings is 1. The second-order valence-corrected chi connectivity index (χ2v) is 6.39. The standard InChI is InChI=1S/C17H23N5O2/c1-13(20-16(23)18-12-17(2)8-3-11-24-17)14-4-6-15(7-5-14)22-10-9-19-21-22/h4-7,9-10,13H,3,8,11-12H2,1-2H3,(H2,18,20,23)/t13-,17+/m0/s1. The minimum absolute atomic E-state index is 0.0906. The largest absolute Gasteiger partial charge is 0.373 e. The van der Waals surface area contributed by atoms with Crippen LogP contribution in [0.3, 0.4) is 0 Å². The molecule has 0 saturated carbocycles. The molecule has 1 saturated heterocycles. The Morgan fingerprint density at radius 1 is 1.42 bits per heavy atom. The van der Waals surface area contributed by atoms with Crippen LogP contribution in [0.2, 0.25) is 0 Å². The van der Waals surface area contributed by atoms with Gasteiger partial charge in [0.25, 0.3) is 0 Å². The minimum atomic E-state index is -0.236. The second kappa shape index (κ2) is 7.00. The van der Waals surface area contributed by atoms with Crippen LogP contribution in [0.15, 0.2) is 36.7 Å². The van der Waals surface area contributed by atoms with Gasteiger partial charge in [0.2, 0.25) is 0 Å². The van der Waals surface area contributed by atoms with Crippen molar-refractivity contribution in [1.29, 1.82) is 0 Å². The molecule has 1 aromatic carbocycles. The summed E-state index contributed by atoms with van der Waals surface area (Å²) in [5.41, 5.74) is 1.72. The average Bonchev–Trinajstić information content (AvgIpc) is 3.25. The van der Waals surface area contributed by atoms with E-state index in [0.29, 0.717) is 6.54 Å². The highest BCUT2D eigenvalue weighted by Crippen LogP contribution is 2.23. The fourth-order valence-electron chi connectivity index (χ4n) is 2.84. The maximum absolute atomic E-state index is 12.1. The fraction of sp³-hybridized carbons (Fsp3) is 0.471. The van der Waals surface area contributed by atoms with Crippen molar-refractivity contribution in [3.8, 4) is 5.69 Å². The maximum Gasteiger partial charge on any atom is 0.315 e. The number of aromatic nitrogens is 3. The third-order valence-corrected chi connectivity index (χ3v) is 4.35. The Morgan fingerprint density at radius 3 is 2.83 bits per heavy atom. The van der Waals surface area contributed by atoms with Gasteiger partial charge in [-0.1, -0.05) is 17.3 Å². The number of rotatable bonds is 5. The van der Waals surface area contributed by atoms with Crippen LogP contribution in [0.25, 0.3) is 5.69 Å². The van der Waals surface area contributed by atoms with Gasteiger partial charge in [0.15, 0.2) is 0 Å². The van der Waals surface area contributed by atoms with Gasteiger partial charge >= 0.3 is 6.03 Å². The molecule has 2 atom stereocenters. The predicted molar refractivity (Wildman–Crippen MR) is 89.9 cm³/mol. The van der Waals surface area contributed by atoms with Crippen molar-refractivity contribution < 1.29 is 9.53 Å². The molecular weight excluding hydrogens is 306 g/mol. The lowest BCUT2D eigenvalue weighted by Crippen LogP contribution is -2.45. The van der Waals surface area contributed by atoms with Gasteiger partial charge in [0, 0.05) is 13.2 Å². The summed E-state index contributed by atoms with van der Waals surface area (Å²) in [6, 6.07) is 7.58. The summed E-state index contributed by atoms with van der Waals surface area (Å²) < 4.78 is 7.36. The highest BCUT2D eigenvalue weighted by Gasteiger charge is 2.30. The third-order valence-electron chi connectivity index (χ3n) is 4.35. The maximum atomic E-state index is 12.1. The molecule has 0 bridgehead atoms. The molecule has 2 aromatic rings. The summed E-state index contributed by atoms with van der Waals surface area (Å²) in [4.78, 5) is 12.1. The first kappa shape index (κ1) is 16.4. The lowest BCUT2D eigenvalue weighted by molar-refractivity contribution is 0.0228. The molecule has 1 aliphatic rings. The van der Waals surface area contributed by atoms with Crippen molar-refractivity contribution in [1.82, 2.24) is 25.6 Å². The van der Waals surface area contributed by atoms with Crippen LogP contribution < -0.4 is 10.6 Å². The van der Waals surface area contributed by atoms with Crippen LogP contribution in [0, 0.1) is 0 Å². The molecule has 7 nitrogen and oxygen atoms in total. The SMILES string of the molecule is C[C@H](NC(=O)NC[C@@]1(C)CCCO1)c1ccc(-n2ccnn2)cc1. The number of hydrogen-bond donors (Lipinski definition) is 2. The van der Waals surface area contributed by atoms with Crippen LogP contribution in [-0.2, 0) is 4.74 Å². The quantitative estimate of drug-likeness (QED) is 0.881. The summed E-state index contributed by atoms with van der Waals surface area (Å²) >= 11 is 0. The highest BCUT2D eigenvalue weighted by molar-refractivity contribution is 5.74. The van der Waals surface area contributed by atoms with Crippen LogP contribution in [0.4, 0.5) is 4.79 Å². The molecule has 3 rings (SSSR count). The molecule has 1 fully saturated rings. The molecule has 0 aliphatic carbocycles. The normalized spacial score (nSPS) is 21.4. The van der Waals surface area contributed by atoms with Crippen molar-refractivity contribution in [2.75, 3.05) is 13.2 Å². The van der Waals surface area contributed by atoms with Gasteiger partial charge in [-0.3, -0.25) is 0 Å². The zero-order valence-corrected chi connectivity index (χ0v) is 14.0. The molecule has 2 N–H and O–H groups in total. The molecular formula is C17H23N5O2. The smallest absolute Gasteiger partial charge is 0.315 e. The Morgan fingerprint density at radius 2 is 2.21 bits per heavy atom. The molecule has 0 radical (unpaired) electrons. The van der Waals surface area contributed by atoms with Gasteiger partial charge in [0.05, 0.1) is 29.7 Å². The van der Waals surface area contributed by atoms with E-state index in [1.807, 2.05) is 38.1 Å². The molecule has 7 heteroatoms. The van der Waals surface area contributed by atoms with Gasteiger partial charge in [-0.05, 0) is 44.4 Å². The van der Waals surface area contributed by atoms with Crippen LogP contribution in [0.1, 0.15) is 38.3 Å². The Kier molecular flexibility index (Phi) is 4.80. The Balaban J connectivity index is 1.52. The van der Waals surface area contributed by atoms with E-state index in [1.165, 1.54) is 0 Å². The average molecular weight is 329 g/mol. The molecule has 2 heterocycles. The number of hydrogen-bond acceptors (Lipinski definition) is 4. The summed E-state index contributed by atoms with van der Waals surface area (Å²) in [6.07, 6.45) is 5.45. The summed E-state index contributed by atoms with van der Waals surface area (Å²) in [5.74, 6) is 0. The number of carbonyl (C=O) groups is 1. The van der Waals surface area contributed by atoms with E-state index >= 15 is 0 Å². The van der Waals surface area contributed by atoms with Gasteiger partial charge < -0.3 is 15.4 Å². The molecule has 0 unspecified atom stereocenters. The van der Waals surface area contributed by atoms with Gasteiger partial charge in [-0.2, -0.15) is 0 Å². The topological polar surface area (TPSA) is 81.1 Å². The molecule has 128 valence electrons. The van der Waals surface area contributed by atoms with E-state index in [0.717, 1.165) is 30.7 Å². The number of nitrogens with zero attached hydrogens (tertiary/aromatic N) is 3. The lowest BCUT2D eigenvalue weighted by Gasteiger charge is -2.24. The van der Waals surface area contributed by atoms with Gasteiger partial charge in [-0.15, -0.1) is 5.10 Å². The monoisotopic (exact) mass is 329 g/mol. The van der Waals surface area contributed by atoms with E-state index in [2.05, 4.69) is 20.9 Å². The van der Waals surface area contributed by atoms with Crippen molar-refractivity contribution in [3.05, 3.63) is 42.2 Å². The van der Waals surface area contributed by atoms with Crippen LogP contribution in [0.5, 0.6) is 0 Å². The number of carbonyl (C=O) groups excluding carboxylic acids is 1. The van der Waals surface area contributed by atoms with Gasteiger partial charge in [-0.25, -0.2) is 9.48 Å². The first-order valence-corrected chi connectivity index (χ1v) is 8.21. The number of urea groups is 1. The zero-order valence-electron chi connectivity index (χ0n) is 14.0. The van der Waals surface area contributed by atoms with E-state index in [1.54, 1.807) is 17.1 Å². The van der Waals surface area contributed by atoms with Crippen molar-refractivity contribution in [3.63, 3.8) is 0 Å². The summed E-state index contributed by atoms with van der Waals surface area (Å²) in [5, 5.41) is 13.6. The zero-order chi connectivity index (χ0) is 17.0. The Labute approximate surface area is 141 Å². The predicted octanol–water partition coefficient (Wildman–Crippen LogP) is 2.20. The fourth-order valence-corrected chi connectivity index (χ4v) is 2.84. The molecule has 1 aromatic heterocycles. The minimum Gasteiger partial charge on any atom is -0.373 e. The first-order chi connectivity index (χ1) is 11.6. The summed E-state index contributed by atoms with van der Waals surface area (Å²) in [6.45, 7) is 5.29. The molecule has 0 spiro atoms. The highest BCUT2D eigenvalue weighted by atomic mass is 16.5. The number of amides is 2. The Bertz CT molecular complexity index is 663. The van der Waals surface area contributed by atoms with Crippen molar-refractivity contribution in [2.45, 2.75) is 38.3 Å². The number of nitrogens with one attached hydrogen (secondary N) is 2. The van der Waals surface area contributed by atoms with Gasteiger partial charge in [0.1, 0.15) is 0 Å². The van der Waals surface area contributed by atoms with E-state index < -0.39 is 0 Å². The molecule has 24 heavy (non-hydrogen) atoms. The second-order valence-electron chi connectivity index (χ2n) is 6.39. The van der Waals surface area contributed by atoms with Crippen LogP contribution >= 0.6 is 0 Å². The van der Waals surface area contributed by atoms with Crippen LogP contribution in [-0.4, -0.2) is 39.8 Å². The summed E-state index contributed by atoms with van der Waals surface area (Å²) in [7, 11) is 0. The third kappa shape index (κ3) is 3.91. The van der Waals surface area contributed by atoms with E-state index in [9.17, 15) is 4.79 Å². The number of ether oxygens (including phenoxy) is 1. The van der Waals surface area contributed by atoms with Crippen molar-refractivity contribution >= 4 is 6.03 Å². The molecule has 2 amide bonds. The first-order valence-electron chi connectivity index (χ1n) is 8.21. The Hall–Kier alpha value is -2.41. The lowest BCUT2D eigenvalue weighted by atomic mass is 10.0. The molecule has 1 aliphatic heterocycles.